The van der Waals surface area contributed by atoms with E-state index in [1.165, 1.54) is 0 Å². The Kier molecular flexibility index (Phi) is 4.56. The highest BCUT2D eigenvalue weighted by Crippen LogP contribution is 2.32. The van der Waals surface area contributed by atoms with Gasteiger partial charge in [-0.2, -0.15) is 5.10 Å². The molecule has 0 saturated heterocycles. The molecule has 1 amide bonds. The highest BCUT2D eigenvalue weighted by molar-refractivity contribution is 6.10. The van der Waals surface area contributed by atoms with Crippen molar-refractivity contribution in [3.8, 4) is 17.0 Å². The summed E-state index contributed by atoms with van der Waals surface area (Å²) < 4.78 is 6.94. The monoisotopic (exact) mass is 379 g/mol. The Morgan fingerprint density at radius 2 is 2.07 bits per heavy atom. The van der Waals surface area contributed by atoms with Crippen LogP contribution in [0.1, 0.15) is 34.2 Å². The molecule has 0 atom stereocenters. The Balaban J connectivity index is 1.72. The molecule has 8 nitrogen and oxygen atoms in total. The number of aliphatic hydroxyl groups is 1. The fraction of sp³-hybridized carbons (Fsp3) is 0.300. The van der Waals surface area contributed by atoms with Crippen molar-refractivity contribution in [2.24, 2.45) is 0 Å². The number of aliphatic hydroxyl groups excluding tert-OH is 1. The van der Waals surface area contributed by atoms with Crippen molar-refractivity contribution in [3.05, 3.63) is 53.1 Å². The van der Waals surface area contributed by atoms with Crippen molar-refractivity contribution in [1.29, 1.82) is 0 Å². The second-order valence-electron chi connectivity index (χ2n) is 6.62. The first-order valence-corrected chi connectivity index (χ1v) is 9.05. The Hall–Kier alpha value is -3.26. The van der Waals surface area contributed by atoms with Gasteiger partial charge in [-0.15, -0.1) is 0 Å². The minimum atomic E-state index is -0.125. The Morgan fingerprint density at radius 1 is 1.25 bits per heavy atom. The minimum Gasteiger partial charge on any atom is -0.495 e. The van der Waals surface area contributed by atoms with Crippen molar-refractivity contribution >= 4 is 11.7 Å². The van der Waals surface area contributed by atoms with Crippen LogP contribution in [-0.2, 0) is 19.7 Å². The number of anilines is 1. The normalized spacial score (nSPS) is 13.1. The van der Waals surface area contributed by atoms with E-state index in [1.807, 2.05) is 26.0 Å². The maximum Gasteiger partial charge on any atom is 0.262 e. The van der Waals surface area contributed by atoms with Crippen molar-refractivity contribution in [3.63, 3.8) is 0 Å². The van der Waals surface area contributed by atoms with Gasteiger partial charge in [-0.3, -0.25) is 24.3 Å². The number of nitrogens with zero attached hydrogens (tertiary/aromatic N) is 5. The van der Waals surface area contributed by atoms with Crippen LogP contribution in [-0.4, -0.2) is 37.9 Å². The molecule has 0 radical (unpaired) electrons. The molecule has 1 aliphatic rings. The summed E-state index contributed by atoms with van der Waals surface area (Å²) in [6, 6.07) is 5.50. The van der Waals surface area contributed by atoms with Gasteiger partial charge in [-0.25, -0.2) is 0 Å². The number of amides is 1. The summed E-state index contributed by atoms with van der Waals surface area (Å²) >= 11 is 0. The van der Waals surface area contributed by atoms with Crippen LogP contribution in [0, 0.1) is 6.92 Å². The fourth-order valence-electron chi connectivity index (χ4n) is 3.48. The van der Waals surface area contributed by atoms with Crippen LogP contribution >= 0.6 is 0 Å². The molecule has 3 aromatic heterocycles. The maximum absolute atomic E-state index is 13.0. The summed E-state index contributed by atoms with van der Waals surface area (Å²) in [4.78, 5) is 23.5. The molecule has 0 saturated carbocycles. The van der Waals surface area contributed by atoms with Crippen molar-refractivity contribution in [2.75, 3.05) is 12.0 Å². The number of rotatable bonds is 5. The van der Waals surface area contributed by atoms with Gasteiger partial charge in [0, 0.05) is 24.4 Å². The van der Waals surface area contributed by atoms with Crippen LogP contribution in [0.5, 0.6) is 5.75 Å². The molecule has 4 rings (SSSR count). The van der Waals surface area contributed by atoms with E-state index in [9.17, 15) is 9.90 Å². The summed E-state index contributed by atoms with van der Waals surface area (Å²) in [5.41, 5.74) is 4.42. The van der Waals surface area contributed by atoms with Crippen LogP contribution in [0.25, 0.3) is 11.3 Å². The van der Waals surface area contributed by atoms with E-state index in [-0.39, 0.29) is 12.5 Å². The summed E-state index contributed by atoms with van der Waals surface area (Å²) in [5, 5.41) is 14.0. The third kappa shape index (κ3) is 2.91. The summed E-state index contributed by atoms with van der Waals surface area (Å²) in [6.45, 7) is 4.68. The lowest BCUT2D eigenvalue weighted by Crippen LogP contribution is -2.24. The number of ether oxygens (including phenoxy) is 1. The quantitative estimate of drug-likeness (QED) is 0.731. The molecule has 144 valence electrons. The Morgan fingerprint density at radius 3 is 2.75 bits per heavy atom. The van der Waals surface area contributed by atoms with Crippen LogP contribution in [0.4, 0.5) is 5.82 Å². The molecule has 0 unspecified atom stereocenters. The fourth-order valence-corrected chi connectivity index (χ4v) is 3.48. The van der Waals surface area contributed by atoms with E-state index in [0.29, 0.717) is 41.6 Å². The molecule has 3 aromatic rings. The third-order valence-electron chi connectivity index (χ3n) is 4.89. The number of fused-ring (bicyclic) bond motifs is 1. The standard InChI is InChI=1S/C20H21N5O3/c1-4-25-14(11-26)7-18(23-25)24-10-17-19(20(24)27)12(2)5-16(22-17)13-6-15(28-3)9-21-8-13/h5-9,26H,4,10-11H2,1-3H3. The second-order valence-corrected chi connectivity index (χ2v) is 6.62. The summed E-state index contributed by atoms with van der Waals surface area (Å²) in [5.74, 6) is 1.05. The zero-order chi connectivity index (χ0) is 19.8. The van der Waals surface area contributed by atoms with Gasteiger partial charge in [0.25, 0.3) is 5.91 Å². The number of hydrogen-bond donors (Lipinski definition) is 1. The number of carbonyl (C=O) groups excluding carboxylic acids is 1. The predicted octanol–water partition coefficient (Wildman–Crippen LogP) is 2.33. The number of aromatic nitrogens is 4. The molecule has 0 spiro atoms. The smallest absolute Gasteiger partial charge is 0.262 e. The lowest BCUT2D eigenvalue weighted by Gasteiger charge is -2.11. The van der Waals surface area contributed by atoms with E-state index in [4.69, 9.17) is 9.72 Å². The number of aryl methyl sites for hydroxylation is 2. The minimum absolute atomic E-state index is 0.124. The lowest BCUT2D eigenvalue weighted by atomic mass is 10.1. The number of methoxy groups -OCH3 is 1. The second kappa shape index (κ2) is 7.05. The van der Waals surface area contributed by atoms with Gasteiger partial charge in [-0.05, 0) is 31.5 Å². The first kappa shape index (κ1) is 18.1. The van der Waals surface area contributed by atoms with Crippen LogP contribution in [0.3, 0.4) is 0 Å². The van der Waals surface area contributed by atoms with Gasteiger partial charge in [0.1, 0.15) is 5.75 Å². The zero-order valence-corrected chi connectivity index (χ0v) is 16.0. The molecule has 1 N–H and O–H groups in total. The predicted molar refractivity (Wildman–Crippen MR) is 103 cm³/mol. The third-order valence-corrected chi connectivity index (χ3v) is 4.89. The zero-order valence-electron chi connectivity index (χ0n) is 16.0. The molecule has 8 heteroatoms. The van der Waals surface area contributed by atoms with E-state index < -0.39 is 0 Å². The molecule has 1 aliphatic heterocycles. The van der Waals surface area contributed by atoms with E-state index in [0.717, 1.165) is 16.8 Å². The molecule has 0 aromatic carbocycles. The van der Waals surface area contributed by atoms with Gasteiger partial charge in [0.2, 0.25) is 0 Å². The van der Waals surface area contributed by atoms with E-state index >= 15 is 0 Å². The molecule has 0 aliphatic carbocycles. The lowest BCUT2D eigenvalue weighted by molar-refractivity contribution is 0.0995. The Labute approximate surface area is 162 Å². The molecule has 4 heterocycles. The average Bonchev–Trinajstić information content (AvgIpc) is 3.28. The molecular weight excluding hydrogens is 358 g/mol. The van der Waals surface area contributed by atoms with Gasteiger partial charge < -0.3 is 9.84 Å². The molecule has 0 fully saturated rings. The first-order valence-electron chi connectivity index (χ1n) is 9.05. The van der Waals surface area contributed by atoms with Crippen LogP contribution in [0.2, 0.25) is 0 Å². The maximum atomic E-state index is 13.0. The average molecular weight is 379 g/mol. The first-order chi connectivity index (χ1) is 13.5. The topological polar surface area (TPSA) is 93.4 Å². The highest BCUT2D eigenvalue weighted by Gasteiger charge is 2.33. The number of carbonyl (C=O) groups is 1. The van der Waals surface area contributed by atoms with Crippen molar-refractivity contribution < 1.29 is 14.6 Å². The number of pyridine rings is 2. The van der Waals surface area contributed by atoms with Crippen LogP contribution < -0.4 is 9.64 Å². The van der Waals surface area contributed by atoms with Gasteiger partial charge in [0.15, 0.2) is 5.82 Å². The van der Waals surface area contributed by atoms with Crippen molar-refractivity contribution in [2.45, 2.75) is 33.5 Å². The summed E-state index contributed by atoms with van der Waals surface area (Å²) in [7, 11) is 1.59. The molecule has 28 heavy (non-hydrogen) atoms. The molecule has 0 bridgehead atoms. The van der Waals surface area contributed by atoms with Gasteiger partial charge in [-0.1, -0.05) is 0 Å². The van der Waals surface area contributed by atoms with Gasteiger partial charge >= 0.3 is 0 Å². The molecular formula is C20H21N5O3. The van der Waals surface area contributed by atoms with Gasteiger partial charge in [0.05, 0.1) is 49.1 Å². The van der Waals surface area contributed by atoms with E-state index in [1.54, 1.807) is 35.2 Å². The largest absolute Gasteiger partial charge is 0.495 e. The summed E-state index contributed by atoms with van der Waals surface area (Å²) in [6.07, 6.45) is 3.36. The SMILES string of the molecule is CCn1nc(N2Cc3nc(-c4cncc(OC)c4)cc(C)c3C2=O)cc1CO. The van der Waals surface area contributed by atoms with Crippen LogP contribution in [0.15, 0.2) is 30.6 Å². The van der Waals surface area contributed by atoms with E-state index in [2.05, 4.69) is 10.1 Å². The Bertz CT molecular complexity index is 1040. The number of hydrogen-bond acceptors (Lipinski definition) is 6. The van der Waals surface area contributed by atoms with Crippen molar-refractivity contribution in [1.82, 2.24) is 19.7 Å². The highest BCUT2D eigenvalue weighted by atomic mass is 16.5.